The molecule has 0 bridgehead atoms. The third-order valence-corrected chi connectivity index (χ3v) is 3.46. The summed E-state index contributed by atoms with van der Waals surface area (Å²) in [6, 6.07) is 4.20. The van der Waals surface area contributed by atoms with Gasteiger partial charge in [-0.15, -0.1) is 0 Å². The standard InChI is InChI=1S/C10H14ClNO5S/c1-15-5-6-17-12-18(13,14)10-4-3-8(11)7-9(10)16-2/h3-4,7,12H,5-6H2,1-2H3. The van der Waals surface area contributed by atoms with Gasteiger partial charge in [0.05, 0.1) is 20.3 Å². The van der Waals surface area contributed by atoms with E-state index in [1.54, 1.807) is 0 Å². The number of rotatable bonds is 7. The van der Waals surface area contributed by atoms with E-state index in [4.69, 9.17) is 25.9 Å². The molecule has 18 heavy (non-hydrogen) atoms. The van der Waals surface area contributed by atoms with Gasteiger partial charge in [0.1, 0.15) is 10.6 Å². The molecule has 0 unspecified atom stereocenters. The van der Waals surface area contributed by atoms with Crippen molar-refractivity contribution in [3.8, 4) is 5.75 Å². The van der Waals surface area contributed by atoms with Crippen molar-refractivity contribution in [1.82, 2.24) is 4.89 Å². The minimum Gasteiger partial charge on any atom is -0.495 e. The zero-order valence-corrected chi connectivity index (χ0v) is 11.5. The average Bonchev–Trinajstić information content (AvgIpc) is 2.34. The Morgan fingerprint density at radius 1 is 1.28 bits per heavy atom. The molecule has 6 nitrogen and oxygen atoms in total. The van der Waals surface area contributed by atoms with Gasteiger partial charge < -0.3 is 9.47 Å². The fourth-order valence-corrected chi connectivity index (χ4v) is 2.30. The molecule has 0 spiro atoms. The van der Waals surface area contributed by atoms with Gasteiger partial charge in [-0.2, -0.15) is 0 Å². The molecule has 1 N–H and O–H groups in total. The van der Waals surface area contributed by atoms with Crippen LogP contribution in [-0.2, 0) is 19.6 Å². The molecule has 8 heteroatoms. The first-order valence-corrected chi connectivity index (χ1v) is 6.83. The maximum atomic E-state index is 11.9. The largest absolute Gasteiger partial charge is 0.495 e. The first-order valence-electron chi connectivity index (χ1n) is 4.97. The Morgan fingerprint density at radius 2 is 2.00 bits per heavy atom. The summed E-state index contributed by atoms with van der Waals surface area (Å²) in [7, 11) is -0.968. The summed E-state index contributed by atoms with van der Waals surface area (Å²) in [5.41, 5.74) is 0. The van der Waals surface area contributed by atoms with Crippen LogP contribution in [0.1, 0.15) is 0 Å². The predicted octanol–water partition coefficient (Wildman–Crippen LogP) is 1.20. The molecule has 0 aliphatic rings. The molecule has 0 aliphatic carbocycles. The van der Waals surface area contributed by atoms with Crippen molar-refractivity contribution >= 4 is 21.6 Å². The third kappa shape index (κ3) is 4.11. The first-order chi connectivity index (χ1) is 8.51. The smallest absolute Gasteiger partial charge is 0.266 e. The van der Waals surface area contributed by atoms with E-state index in [1.807, 2.05) is 4.89 Å². The van der Waals surface area contributed by atoms with E-state index >= 15 is 0 Å². The second kappa shape index (κ2) is 6.91. The van der Waals surface area contributed by atoms with Gasteiger partial charge in [-0.1, -0.05) is 16.5 Å². The van der Waals surface area contributed by atoms with Crippen molar-refractivity contribution in [2.45, 2.75) is 4.90 Å². The summed E-state index contributed by atoms with van der Waals surface area (Å²) < 4.78 is 33.4. The van der Waals surface area contributed by atoms with E-state index in [0.717, 1.165) is 0 Å². The maximum absolute atomic E-state index is 11.9. The Balaban J connectivity index is 2.84. The predicted molar refractivity (Wildman–Crippen MR) is 66.2 cm³/mol. The molecule has 0 saturated heterocycles. The van der Waals surface area contributed by atoms with Crippen LogP contribution in [0.2, 0.25) is 5.02 Å². The number of ether oxygens (including phenoxy) is 2. The zero-order valence-electron chi connectivity index (χ0n) is 9.97. The van der Waals surface area contributed by atoms with Crippen molar-refractivity contribution in [1.29, 1.82) is 0 Å². The van der Waals surface area contributed by atoms with Gasteiger partial charge in [0.15, 0.2) is 0 Å². The first kappa shape index (κ1) is 15.2. The van der Waals surface area contributed by atoms with Crippen molar-refractivity contribution < 1.29 is 22.7 Å². The van der Waals surface area contributed by atoms with Gasteiger partial charge in [0.25, 0.3) is 10.0 Å². The Labute approximate surface area is 111 Å². The molecular formula is C10H14ClNO5S. The molecule has 0 saturated carbocycles. The van der Waals surface area contributed by atoms with Crippen LogP contribution in [0.15, 0.2) is 23.1 Å². The molecule has 1 rings (SSSR count). The Kier molecular flexibility index (Phi) is 5.83. The molecule has 0 amide bonds. The summed E-state index contributed by atoms with van der Waals surface area (Å²) in [5.74, 6) is 0.144. The average molecular weight is 296 g/mol. The van der Waals surface area contributed by atoms with Crippen LogP contribution in [0.25, 0.3) is 0 Å². The molecule has 102 valence electrons. The number of methoxy groups -OCH3 is 2. The van der Waals surface area contributed by atoms with Crippen molar-refractivity contribution in [2.75, 3.05) is 27.4 Å². The van der Waals surface area contributed by atoms with Gasteiger partial charge in [0, 0.05) is 18.2 Å². The highest BCUT2D eigenvalue weighted by molar-refractivity contribution is 7.89. The van der Waals surface area contributed by atoms with Crippen LogP contribution < -0.4 is 9.62 Å². The number of hydrogen-bond acceptors (Lipinski definition) is 5. The highest BCUT2D eigenvalue weighted by Crippen LogP contribution is 2.26. The lowest BCUT2D eigenvalue weighted by Crippen LogP contribution is -2.26. The normalized spacial score (nSPS) is 11.5. The van der Waals surface area contributed by atoms with Crippen LogP contribution >= 0.6 is 11.6 Å². The van der Waals surface area contributed by atoms with Crippen molar-refractivity contribution in [2.24, 2.45) is 0 Å². The van der Waals surface area contributed by atoms with Crippen LogP contribution in [0.3, 0.4) is 0 Å². The topological polar surface area (TPSA) is 73.9 Å². The van der Waals surface area contributed by atoms with Gasteiger partial charge in [-0.3, -0.25) is 4.84 Å². The Morgan fingerprint density at radius 3 is 2.61 bits per heavy atom. The number of halogens is 1. The quantitative estimate of drug-likeness (QED) is 0.604. The van der Waals surface area contributed by atoms with E-state index < -0.39 is 10.0 Å². The second-order valence-corrected chi connectivity index (χ2v) is 5.27. The Bertz CT molecular complexity index is 491. The van der Waals surface area contributed by atoms with Crippen LogP contribution in [0.4, 0.5) is 0 Å². The number of benzene rings is 1. The Hall–Kier alpha value is -0.860. The lowest BCUT2D eigenvalue weighted by Gasteiger charge is -2.10. The summed E-state index contributed by atoms with van der Waals surface area (Å²) in [6.45, 7) is 0.381. The number of nitrogens with one attached hydrogen (secondary N) is 1. The number of sulfonamides is 1. The van der Waals surface area contributed by atoms with Gasteiger partial charge >= 0.3 is 0 Å². The molecule has 0 heterocycles. The SMILES string of the molecule is COCCONS(=O)(=O)c1ccc(Cl)cc1OC. The van der Waals surface area contributed by atoms with Crippen LogP contribution in [0.5, 0.6) is 5.75 Å². The van der Waals surface area contributed by atoms with Gasteiger partial charge in [-0.25, -0.2) is 8.42 Å². The number of hydrogen-bond donors (Lipinski definition) is 1. The van der Waals surface area contributed by atoms with E-state index in [1.165, 1.54) is 32.4 Å². The molecule has 1 aromatic rings. The molecule has 0 aliphatic heterocycles. The molecular weight excluding hydrogens is 282 g/mol. The molecule has 0 atom stereocenters. The minimum atomic E-state index is -3.81. The van der Waals surface area contributed by atoms with Crippen molar-refractivity contribution in [3.05, 3.63) is 23.2 Å². The van der Waals surface area contributed by atoms with E-state index in [-0.39, 0.29) is 23.9 Å². The fourth-order valence-electron chi connectivity index (χ4n) is 1.15. The highest BCUT2D eigenvalue weighted by atomic mass is 35.5. The van der Waals surface area contributed by atoms with E-state index in [0.29, 0.717) is 5.02 Å². The van der Waals surface area contributed by atoms with Crippen molar-refractivity contribution in [3.63, 3.8) is 0 Å². The second-order valence-electron chi connectivity index (χ2n) is 3.22. The lowest BCUT2D eigenvalue weighted by atomic mass is 10.3. The van der Waals surface area contributed by atoms with Gasteiger partial charge in [-0.05, 0) is 12.1 Å². The zero-order chi connectivity index (χ0) is 13.6. The lowest BCUT2D eigenvalue weighted by molar-refractivity contribution is 0.0438. The summed E-state index contributed by atoms with van der Waals surface area (Å²) in [6.07, 6.45) is 0. The maximum Gasteiger partial charge on any atom is 0.266 e. The summed E-state index contributed by atoms with van der Waals surface area (Å²) in [4.78, 5) is 6.70. The molecule has 0 aromatic heterocycles. The van der Waals surface area contributed by atoms with Crippen LogP contribution in [0, 0.1) is 0 Å². The summed E-state index contributed by atoms with van der Waals surface area (Å²) in [5, 5.41) is 0.381. The third-order valence-electron chi connectivity index (χ3n) is 1.97. The molecule has 0 radical (unpaired) electrons. The van der Waals surface area contributed by atoms with Crippen LogP contribution in [-0.4, -0.2) is 35.9 Å². The molecule has 0 fully saturated rings. The van der Waals surface area contributed by atoms with E-state index in [2.05, 4.69) is 0 Å². The van der Waals surface area contributed by atoms with Gasteiger partial charge in [0.2, 0.25) is 0 Å². The van der Waals surface area contributed by atoms with E-state index in [9.17, 15) is 8.42 Å². The summed E-state index contributed by atoms with van der Waals surface area (Å²) >= 11 is 5.75. The monoisotopic (exact) mass is 295 g/mol. The fraction of sp³-hybridized carbons (Fsp3) is 0.400. The minimum absolute atomic E-state index is 0.0492. The molecule has 1 aromatic carbocycles. The highest BCUT2D eigenvalue weighted by Gasteiger charge is 2.19.